The summed E-state index contributed by atoms with van der Waals surface area (Å²) in [5.74, 6) is 0.830. The molecule has 0 aromatic carbocycles. The lowest BCUT2D eigenvalue weighted by Gasteiger charge is -2.32. The van der Waals surface area contributed by atoms with Crippen LogP contribution in [0.4, 0.5) is 0 Å². The van der Waals surface area contributed by atoms with E-state index in [2.05, 4.69) is 24.1 Å². The van der Waals surface area contributed by atoms with Crippen molar-refractivity contribution < 1.29 is 4.79 Å². The Labute approximate surface area is 117 Å². The van der Waals surface area contributed by atoms with Gasteiger partial charge in [-0.15, -0.1) is 0 Å². The second-order valence-electron chi connectivity index (χ2n) is 6.33. The Balaban J connectivity index is 1.80. The number of rotatable bonds is 4. The van der Waals surface area contributed by atoms with Crippen LogP contribution >= 0.6 is 0 Å². The highest BCUT2D eigenvalue weighted by molar-refractivity contribution is 5.79. The minimum atomic E-state index is 0.125. The summed E-state index contributed by atoms with van der Waals surface area (Å²) in [6.07, 6.45) is 5.49. The van der Waals surface area contributed by atoms with Gasteiger partial charge in [-0.25, -0.2) is 0 Å². The Bertz CT molecular complexity index is 308. The molecule has 1 amide bonds. The molecule has 2 rings (SSSR count). The number of carbonyl (C=O) groups excluding carboxylic acids is 1. The average molecular weight is 267 g/mol. The zero-order chi connectivity index (χ0) is 13.8. The van der Waals surface area contributed by atoms with Gasteiger partial charge in [0.15, 0.2) is 0 Å². The molecule has 110 valence electrons. The van der Waals surface area contributed by atoms with Gasteiger partial charge in [0, 0.05) is 24.5 Å². The second kappa shape index (κ2) is 6.71. The van der Waals surface area contributed by atoms with E-state index < -0.39 is 0 Å². The largest absolute Gasteiger partial charge is 0.354 e. The third kappa shape index (κ3) is 3.69. The van der Waals surface area contributed by atoms with Crippen molar-refractivity contribution in [2.24, 2.45) is 17.6 Å². The summed E-state index contributed by atoms with van der Waals surface area (Å²) in [7, 11) is 0. The molecule has 1 saturated carbocycles. The van der Waals surface area contributed by atoms with Crippen LogP contribution in [0.5, 0.6) is 0 Å². The molecule has 0 spiro atoms. The van der Waals surface area contributed by atoms with E-state index in [-0.39, 0.29) is 17.9 Å². The van der Waals surface area contributed by atoms with Crippen molar-refractivity contribution in [2.45, 2.75) is 58.0 Å². The number of nitrogens with zero attached hydrogens (tertiary/aromatic N) is 1. The molecule has 2 fully saturated rings. The minimum absolute atomic E-state index is 0.125. The molecular formula is C15H29N3O. The van der Waals surface area contributed by atoms with Crippen LogP contribution in [0.15, 0.2) is 0 Å². The van der Waals surface area contributed by atoms with E-state index in [1.165, 1.54) is 19.4 Å². The minimum Gasteiger partial charge on any atom is -0.354 e. The molecule has 0 aromatic heterocycles. The molecule has 19 heavy (non-hydrogen) atoms. The summed E-state index contributed by atoms with van der Waals surface area (Å²) in [5, 5.41) is 3.17. The van der Waals surface area contributed by atoms with Crippen LogP contribution in [0.25, 0.3) is 0 Å². The fraction of sp³-hybridized carbons (Fsp3) is 0.933. The Hall–Kier alpha value is -0.610. The number of hydrogen-bond donors (Lipinski definition) is 2. The van der Waals surface area contributed by atoms with Gasteiger partial charge in [0.25, 0.3) is 0 Å². The first-order valence-corrected chi connectivity index (χ1v) is 7.89. The van der Waals surface area contributed by atoms with E-state index in [0.717, 1.165) is 32.4 Å². The Kier molecular flexibility index (Phi) is 5.22. The monoisotopic (exact) mass is 267 g/mol. The molecule has 1 aliphatic heterocycles. The van der Waals surface area contributed by atoms with Crippen molar-refractivity contribution in [3.05, 3.63) is 0 Å². The molecule has 3 N–H and O–H groups in total. The Morgan fingerprint density at radius 3 is 2.89 bits per heavy atom. The van der Waals surface area contributed by atoms with Crippen LogP contribution in [0, 0.1) is 11.8 Å². The van der Waals surface area contributed by atoms with Gasteiger partial charge in [0.05, 0.1) is 0 Å². The molecule has 4 unspecified atom stereocenters. The predicted molar refractivity (Wildman–Crippen MR) is 77.8 cm³/mol. The first-order chi connectivity index (χ1) is 9.11. The summed E-state index contributed by atoms with van der Waals surface area (Å²) in [6, 6.07) is 0.757. The van der Waals surface area contributed by atoms with Crippen LogP contribution in [0.1, 0.15) is 46.0 Å². The highest BCUT2D eigenvalue weighted by Crippen LogP contribution is 2.29. The summed E-state index contributed by atoms with van der Waals surface area (Å²) in [6.45, 7) is 7.46. The Morgan fingerprint density at radius 1 is 1.37 bits per heavy atom. The fourth-order valence-electron chi connectivity index (χ4n) is 3.61. The molecule has 4 atom stereocenters. The molecule has 1 aliphatic carbocycles. The zero-order valence-electron chi connectivity index (χ0n) is 12.4. The molecule has 1 saturated heterocycles. The summed E-state index contributed by atoms with van der Waals surface area (Å²) in [4.78, 5) is 14.8. The SMILES string of the molecule is CCN1CCCC1CNC(=O)C1CC(N)CCC1C. The smallest absolute Gasteiger partial charge is 0.223 e. The lowest BCUT2D eigenvalue weighted by Crippen LogP contribution is -2.45. The number of nitrogens with two attached hydrogens (primary N) is 1. The molecule has 0 radical (unpaired) electrons. The van der Waals surface area contributed by atoms with Crippen LogP contribution in [-0.2, 0) is 4.79 Å². The van der Waals surface area contributed by atoms with E-state index >= 15 is 0 Å². The van der Waals surface area contributed by atoms with Crippen molar-refractivity contribution in [1.82, 2.24) is 10.2 Å². The third-order valence-electron chi connectivity index (χ3n) is 4.99. The number of nitrogens with one attached hydrogen (secondary N) is 1. The number of hydrogen-bond acceptors (Lipinski definition) is 3. The predicted octanol–water partition coefficient (Wildman–Crippen LogP) is 1.35. The van der Waals surface area contributed by atoms with Crippen LogP contribution < -0.4 is 11.1 Å². The van der Waals surface area contributed by atoms with Gasteiger partial charge in [-0.2, -0.15) is 0 Å². The summed E-state index contributed by atoms with van der Waals surface area (Å²) in [5.41, 5.74) is 6.00. The quantitative estimate of drug-likeness (QED) is 0.808. The summed E-state index contributed by atoms with van der Waals surface area (Å²) >= 11 is 0. The zero-order valence-corrected chi connectivity index (χ0v) is 12.4. The van der Waals surface area contributed by atoms with Gasteiger partial charge >= 0.3 is 0 Å². The molecule has 4 nitrogen and oxygen atoms in total. The number of likely N-dealkylation sites (tertiary alicyclic amines) is 1. The number of amides is 1. The van der Waals surface area contributed by atoms with Crippen molar-refractivity contribution >= 4 is 5.91 Å². The highest BCUT2D eigenvalue weighted by Gasteiger charge is 2.32. The van der Waals surface area contributed by atoms with E-state index in [9.17, 15) is 4.79 Å². The van der Waals surface area contributed by atoms with Gasteiger partial charge in [0.2, 0.25) is 5.91 Å². The van der Waals surface area contributed by atoms with Crippen molar-refractivity contribution in [3.63, 3.8) is 0 Å². The van der Waals surface area contributed by atoms with Crippen LogP contribution in [0.2, 0.25) is 0 Å². The number of likely N-dealkylation sites (N-methyl/N-ethyl adjacent to an activating group) is 1. The standard InChI is InChI=1S/C15H29N3O/c1-3-18-8-4-5-13(18)10-17-15(19)14-9-12(16)7-6-11(14)2/h11-14H,3-10,16H2,1-2H3,(H,17,19). The van der Waals surface area contributed by atoms with Gasteiger partial charge in [-0.05, 0) is 51.1 Å². The first kappa shape index (κ1) is 14.8. The van der Waals surface area contributed by atoms with Gasteiger partial charge in [-0.3, -0.25) is 9.69 Å². The molecular weight excluding hydrogens is 238 g/mol. The molecule has 0 aromatic rings. The molecule has 1 heterocycles. The van der Waals surface area contributed by atoms with Crippen LogP contribution in [0.3, 0.4) is 0 Å². The molecule has 4 heteroatoms. The maximum Gasteiger partial charge on any atom is 0.223 e. The Morgan fingerprint density at radius 2 is 2.16 bits per heavy atom. The maximum atomic E-state index is 12.3. The van der Waals surface area contributed by atoms with Crippen molar-refractivity contribution in [3.8, 4) is 0 Å². The molecule has 0 bridgehead atoms. The van der Waals surface area contributed by atoms with Gasteiger partial charge in [0.1, 0.15) is 0 Å². The summed E-state index contributed by atoms with van der Waals surface area (Å²) < 4.78 is 0. The maximum absolute atomic E-state index is 12.3. The number of carbonyl (C=O) groups is 1. The molecule has 2 aliphatic rings. The topological polar surface area (TPSA) is 58.4 Å². The van der Waals surface area contributed by atoms with E-state index in [0.29, 0.717) is 12.0 Å². The van der Waals surface area contributed by atoms with Crippen molar-refractivity contribution in [1.29, 1.82) is 0 Å². The fourth-order valence-corrected chi connectivity index (χ4v) is 3.61. The van der Waals surface area contributed by atoms with Crippen LogP contribution in [-0.4, -0.2) is 42.5 Å². The first-order valence-electron chi connectivity index (χ1n) is 7.89. The van der Waals surface area contributed by atoms with Crippen molar-refractivity contribution in [2.75, 3.05) is 19.6 Å². The van der Waals surface area contributed by atoms with Gasteiger partial charge < -0.3 is 11.1 Å². The van der Waals surface area contributed by atoms with E-state index in [1.54, 1.807) is 0 Å². The highest BCUT2D eigenvalue weighted by atomic mass is 16.1. The van der Waals surface area contributed by atoms with Gasteiger partial charge in [-0.1, -0.05) is 13.8 Å². The third-order valence-corrected chi connectivity index (χ3v) is 4.99. The second-order valence-corrected chi connectivity index (χ2v) is 6.33. The normalized spacial score (nSPS) is 36.4. The van der Waals surface area contributed by atoms with E-state index in [1.807, 2.05) is 0 Å². The average Bonchev–Trinajstić information content (AvgIpc) is 2.86. The lowest BCUT2D eigenvalue weighted by molar-refractivity contribution is -0.127. The lowest BCUT2D eigenvalue weighted by atomic mass is 9.77. The van der Waals surface area contributed by atoms with E-state index in [4.69, 9.17) is 5.73 Å².